The van der Waals surface area contributed by atoms with Crippen LogP contribution in [0, 0.1) is 5.41 Å². The number of carbonyl (C=O) groups excluding carboxylic acids is 3. The second-order valence-corrected chi connectivity index (χ2v) is 10.5. The predicted molar refractivity (Wildman–Crippen MR) is 172 cm³/mol. The Kier molecular flexibility index (Phi) is 13.1. The Balaban J connectivity index is 1.89. The molecule has 3 aromatic carbocycles. The first-order valence-electron chi connectivity index (χ1n) is 14.7. The van der Waals surface area contributed by atoms with E-state index < -0.39 is 17.4 Å². The summed E-state index contributed by atoms with van der Waals surface area (Å²) in [6, 6.07) is 12.5. The van der Waals surface area contributed by atoms with Crippen molar-refractivity contribution in [3.05, 3.63) is 65.2 Å². The molecule has 0 heterocycles. The van der Waals surface area contributed by atoms with Crippen molar-refractivity contribution in [2.75, 3.05) is 63.0 Å². The molecular weight excluding hydrogens is 612 g/mol. The van der Waals surface area contributed by atoms with E-state index in [0.29, 0.717) is 52.2 Å². The van der Waals surface area contributed by atoms with Gasteiger partial charge in [0.15, 0.2) is 17.3 Å². The number of Topliss-reactive ketones (excluding diaryl/α,β-unsaturated/α-hetero) is 1. The van der Waals surface area contributed by atoms with Crippen LogP contribution in [-0.4, -0.2) is 80.7 Å². The van der Waals surface area contributed by atoms with E-state index in [4.69, 9.17) is 42.6 Å². The zero-order chi connectivity index (χ0) is 34.6. The van der Waals surface area contributed by atoms with E-state index in [9.17, 15) is 14.4 Å². The SMILES string of the molecule is CCC(CCC(=O)c1cc(OC)c(OC)c(OC)c1)(COC(=O)c1cc(OC)cc(OC)c1)COC(=O)c1cc(OC)cc(OC)c1. The minimum atomic E-state index is -0.937. The fraction of sp³-hybridized carbons (Fsp3) is 0.400. The van der Waals surface area contributed by atoms with Crippen LogP contribution >= 0.6 is 0 Å². The number of benzene rings is 3. The lowest BCUT2D eigenvalue weighted by Gasteiger charge is -2.31. The Hall–Kier alpha value is -5.13. The Labute approximate surface area is 274 Å². The second kappa shape index (κ2) is 17.0. The zero-order valence-corrected chi connectivity index (χ0v) is 28.1. The van der Waals surface area contributed by atoms with Gasteiger partial charge in [0.1, 0.15) is 36.2 Å². The first-order chi connectivity index (χ1) is 22.6. The van der Waals surface area contributed by atoms with Gasteiger partial charge in [-0.1, -0.05) is 6.92 Å². The summed E-state index contributed by atoms with van der Waals surface area (Å²) >= 11 is 0. The maximum atomic E-state index is 13.5. The number of methoxy groups -OCH3 is 7. The quantitative estimate of drug-likeness (QED) is 0.121. The lowest BCUT2D eigenvalue weighted by molar-refractivity contribution is -0.0105. The summed E-state index contributed by atoms with van der Waals surface area (Å²) in [5, 5.41) is 0. The minimum absolute atomic E-state index is 0.0293. The van der Waals surface area contributed by atoms with Gasteiger partial charge in [0, 0.05) is 29.5 Å². The highest BCUT2D eigenvalue weighted by molar-refractivity contribution is 5.97. The van der Waals surface area contributed by atoms with Crippen molar-refractivity contribution in [1.29, 1.82) is 0 Å². The second-order valence-electron chi connectivity index (χ2n) is 10.5. The molecule has 0 N–H and O–H groups in total. The fourth-order valence-electron chi connectivity index (χ4n) is 4.79. The first-order valence-corrected chi connectivity index (χ1v) is 14.7. The molecule has 0 saturated heterocycles. The molecule has 0 radical (unpaired) electrons. The molecule has 0 fully saturated rings. The van der Waals surface area contributed by atoms with Crippen LogP contribution in [0.1, 0.15) is 57.3 Å². The van der Waals surface area contributed by atoms with Gasteiger partial charge in [-0.2, -0.15) is 0 Å². The fourth-order valence-corrected chi connectivity index (χ4v) is 4.79. The molecule has 0 amide bonds. The molecule has 0 aliphatic heterocycles. The lowest BCUT2D eigenvalue weighted by Crippen LogP contribution is -2.35. The van der Waals surface area contributed by atoms with Crippen molar-refractivity contribution in [1.82, 2.24) is 0 Å². The van der Waals surface area contributed by atoms with Crippen molar-refractivity contribution in [2.45, 2.75) is 26.2 Å². The van der Waals surface area contributed by atoms with E-state index in [1.165, 1.54) is 74.0 Å². The molecular formula is C35H42O12. The van der Waals surface area contributed by atoms with Crippen molar-refractivity contribution < 1.29 is 57.0 Å². The third-order valence-electron chi connectivity index (χ3n) is 7.81. The molecule has 0 aliphatic rings. The average molecular weight is 655 g/mol. The third-order valence-corrected chi connectivity index (χ3v) is 7.81. The molecule has 0 bridgehead atoms. The maximum Gasteiger partial charge on any atom is 0.338 e. The Bertz CT molecular complexity index is 1410. The Morgan fingerprint density at radius 3 is 1.26 bits per heavy atom. The topological polar surface area (TPSA) is 134 Å². The molecule has 0 aliphatic carbocycles. The molecule has 0 aromatic heterocycles. The number of ether oxygens (including phenoxy) is 9. The summed E-state index contributed by atoms with van der Waals surface area (Å²) in [5.74, 6) is 1.18. The van der Waals surface area contributed by atoms with Crippen LogP contribution in [0.5, 0.6) is 40.2 Å². The van der Waals surface area contributed by atoms with Gasteiger partial charge < -0.3 is 42.6 Å². The number of esters is 2. The van der Waals surface area contributed by atoms with E-state index in [1.807, 2.05) is 6.92 Å². The highest BCUT2D eigenvalue weighted by Gasteiger charge is 2.34. The summed E-state index contributed by atoms with van der Waals surface area (Å²) in [7, 11) is 10.3. The van der Waals surface area contributed by atoms with Gasteiger partial charge in [-0.15, -0.1) is 0 Å². The summed E-state index contributed by atoms with van der Waals surface area (Å²) in [6.07, 6.45) is 0.642. The predicted octanol–water partition coefficient (Wildman–Crippen LogP) is 5.82. The molecule has 12 nitrogen and oxygen atoms in total. The Morgan fingerprint density at radius 1 is 0.532 bits per heavy atom. The van der Waals surface area contributed by atoms with E-state index in [-0.39, 0.29) is 43.0 Å². The molecule has 0 unspecified atom stereocenters. The van der Waals surface area contributed by atoms with E-state index >= 15 is 0 Å². The highest BCUT2D eigenvalue weighted by atomic mass is 16.6. The van der Waals surface area contributed by atoms with Crippen LogP contribution in [0.3, 0.4) is 0 Å². The van der Waals surface area contributed by atoms with Gasteiger partial charge in [-0.3, -0.25) is 4.79 Å². The van der Waals surface area contributed by atoms with Gasteiger partial charge in [-0.05, 0) is 49.2 Å². The average Bonchev–Trinajstić information content (AvgIpc) is 3.12. The summed E-state index contributed by atoms with van der Waals surface area (Å²) in [5.41, 5.74) is -0.182. The van der Waals surface area contributed by atoms with Gasteiger partial charge in [0.25, 0.3) is 0 Å². The lowest BCUT2D eigenvalue weighted by atomic mass is 9.81. The summed E-state index contributed by atoms with van der Waals surface area (Å²) in [6.45, 7) is 1.56. The highest BCUT2D eigenvalue weighted by Crippen LogP contribution is 2.39. The van der Waals surface area contributed by atoms with E-state index in [2.05, 4.69) is 0 Å². The number of hydrogen-bond acceptors (Lipinski definition) is 12. The molecule has 0 spiro atoms. The molecule has 3 rings (SSSR count). The molecule has 254 valence electrons. The standard InChI is InChI=1S/C35H42O12/c1-9-35(20-46-33(37)23-12-25(39-2)18-26(13-23)40-3,21-47-34(38)24-14-27(41-4)19-28(15-24)42-5)11-10-29(36)22-16-30(43-6)32(45-8)31(17-22)44-7/h12-19H,9-11,20-21H2,1-8H3. The summed E-state index contributed by atoms with van der Waals surface area (Å²) in [4.78, 5) is 40.0. The van der Waals surface area contributed by atoms with Crippen LogP contribution in [0.2, 0.25) is 0 Å². The van der Waals surface area contributed by atoms with Crippen molar-refractivity contribution in [2.24, 2.45) is 5.41 Å². The van der Waals surface area contributed by atoms with Gasteiger partial charge in [0.05, 0.1) is 60.9 Å². The van der Waals surface area contributed by atoms with Crippen molar-refractivity contribution in [3.8, 4) is 40.2 Å². The smallest absolute Gasteiger partial charge is 0.338 e. The van der Waals surface area contributed by atoms with Crippen molar-refractivity contribution >= 4 is 17.7 Å². The first kappa shape index (κ1) is 36.3. The monoisotopic (exact) mass is 654 g/mol. The zero-order valence-electron chi connectivity index (χ0n) is 28.1. The van der Waals surface area contributed by atoms with Gasteiger partial charge in [-0.25, -0.2) is 9.59 Å². The van der Waals surface area contributed by atoms with Crippen LogP contribution in [0.25, 0.3) is 0 Å². The van der Waals surface area contributed by atoms with Crippen LogP contribution in [0.15, 0.2) is 48.5 Å². The van der Waals surface area contributed by atoms with E-state index in [0.717, 1.165) is 0 Å². The number of ketones is 1. The third kappa shape index (κ3) is 9.21. The van der Waals surface area contributed by atoms with Crippen molar-refractivity contribution in [3.63, 3.8) is 0 Å². The molecule has 12 heteroatoms. The maximum absolute atomic E-state index is 13.5. The Morgan fingerprint density at radius 2 is 0.936 bits per heavy atom. The normalized spacial score (nSPS) is 10.8. The largest absolute Gasteiger partial charge is 0.497 e. The van der Waals surface area contributed by atoms with Gasteiger partial charge in [0.2, 0.25) is 5.75 Å². The molecule has 0 atom stereocenters. The number of rotatable bonds is 18. The molecule has 47 heavy (non-hydrogen) atoms. The molecule has 3 aromatic rings. The number of carbonyl (C=O) groups is 3. The summed E-state index contributed by atoms with van der Waals surface area (Å²) < 4.78 is 48.9. The molecule has 0 saturated carbocycles. The minimum Gasteiger partial charge on any atom is -0.497 e. The number of hydrogen-bond donors (Lipinski definition) is 0. The van der Waals surface area contributed by atoms with Crippen LogP contribution in [-0.2, 0) is 9.47 Å². The van der Waals surface area contributed by atoms with Crippen LogP contribution in [0.4, 0.5) is 0 Å². The van der Waals surface area contributed by atoms with E-state index in [1.54, 1.807) is 24.3 Å². The van der Waals surface area contributed by atoms with Crippen LogP contribution < -0.4 is 33.2 Å². The van der Waals surface area contributed by atoms with Gasteiger partial charge >= 0.3 is 11.9 Å².